The number of amides is 1. The van der Waals surface area contributed by atoms with Crippen molar-refractivity contribution in [1.82, 2.24) is 10.2 Å². The Labute approximate surface area is 132 Å². The Hall–Kier alpha value is -1.10. The molecule has 3 N–H and O–H groups in total. The Morgan fingerprint density at radius 2 is 2.10 bits per heavy atom. The molecule has 1 aromatic rings. The van der Waals surface area contributed by atoms with E-state index in [-0.39, 0.29) is 0 Å². The summed E-state index contributed by atoms with van der Waals surface area (Å²) in [7, 11) is 2.15. The Balaban J connectivity index is 2.26. The highest BCUT2D eigenvalue weighted by atomic mass is 35.5. The molecule has 0 atom stereocenters. The van der Waals surface area contributed by atoms with Crippen LogP contribution in [-0.2, 0) is 6.54 Å². The van der Waals surface area contributed by atoms with E-state index in [1.807, 2.05) is 6.07 Å². The van der Waals surface area contributed by atoms with Gasteiger partial charge in [0.1, 0.15) is 0 Å². The van der Waals surface area contributed by atoms with Gasteiger partial charge in [-0.2, -0.15) is 0 Å². The lowest BCUT2D eigenvalue weighted by molar-refractivity contribution is 0.100. The fourth-order valence-electron chi connectivity index (χ4n) is 1.94. The fourth-order valence-corrected chi connectivity index (χ4v) is 2.18. The van der Waals surface area contributed by atoms with Gasteiger partial charge >= 0.3 is 0 Å². The maximum Gasteiger partial charge on any atom is 0.248 e. The van der Waals surface area contributed by atoms with Crippen molar-refractivity contribution in [3.63, 3.8) is 0 Å². The normalized spacial score (nSPS) is 11.3. The molecular weight excluding hydrogens is 286 g/mol. The summed E-state index contributed by atoms with van der Waals surface area (Å²) < 4.78 is 0. The van der Waals surface area contributed by atoms with E-state index in [4.69, 9.17) is 17.3 Å². The molecule has 118 valence electrons. The number of nitrogens with zero attached hydrogens (tertiary/aromatic N) is 1. The van der Waals surface area contributed by atoms with Crippen molar-refractivity contribution in [1.29, 1.82) is 0 Å². The summed E-state index contributed by atoms with van der Waals surface area (Å²) >= 11 is 6.14. The molecule has 0 saturated heterocycles. The van der Waals surface area contributed by atoms with Crippen LogP contribution < -0.4 is 11.1 Å². The average Bonchev–Trinajstić information content (AvgIpc) is 2.43. The first kappa shape index (κ1) is 18.0. The molecule has 5 heteroatoms. The maximum atomic E-state index is 11.0. The van der Waals surface area contributed by atoms with Crippen molar-refractivity contribution in [3.8, 4) is 0 Å². The largest absolute Gasteiger partial charge is 0.366 e. The number of carbonyl (C=O) groups excluding carboxylic acids is 1. The number of nitrogens with two attached hydrogens (primary N) is 1. The van der Waals surface area contributed by atoms with Crippen LogP contribution in [0.1, 0.15) is 42.6 Å². The van der Waals surface area contributed by atoms with Crippen LogP contribution in [0, 0.1) is 0 Å². The van der Waals surface area contributed by atoms with E-state index < -0.39 is 5.91 Å². The van der Waals surface area contributed by atoms with Crippen LogP contribution in [0.2, 0.25) is 5.02 Å². The van der Waals surface area contributed by atoms with Gasteiger partial charge in [0.05, 0.1) is 0 Å². The summed E-state index contributed by atoms with van der Waals surface area (Å²) in [5, 5.41) is 3.96. The molecule has 0 aliphatic carbocycles. The molecule has 0 radical (unpaired) electrons. The molecule has 1 rings (SSSR count). The van der Waals surface area contributed by atoms with Crippen molar-refractivity contribution in [3.05, 3.63) is 34.3 Å². The molecule has 0 unspecified atom stereocenters. The van der Waals surface area contributed by atoms with E-state index in [0.29, 0.717) is 23.2 Å². The standard InChI is InChI=1S/C16H26ClN3O/c1-12(2)20(3)9-5-4-8-19-11-14-7-6-13(16(18)21)10-15(14)17/h6-7,10,12,19H,4-5,8-9,11H2,1-3H3,(H2,18,21). The summed E-state index contributed by atoms with van der Waals surface area (Å²) in [6.45, 7) is 7.19. The molecule has 1 aromatic carbocycles. The van der Waals surface area contributed by atoms with Gasteiger partial charge in [0.25, 0.3) is 0 Å². The van der Waals surface area contributed by atoms with E-state index in [9.17, 15) is 4.79 Å². The van der Waals surface area contributed by atoms with Crippen LogP contribution in [0.3, 0.4) is 0 Å². The zero-order valence-electron chi connectivity index (χ0n) is 13.2. The zero-order valence-corrected chi connectivity index (χ0v) is 13.9. The highest BCUT2D eigenvalue weighted by molar-refractivity contribution is 6.31. The molecule has 0 saturated carbocycles. The lowest BCUT2D eigenvalue weighted by Gasteiger charge is -2.20. The first-order valence-electron chi connectivity index (χ1n) is 7.41. The Morgan fingerprint density at radius 1 is 1.38 bits per heavy atom. The van der Waals surface area contributed by atoms with Crippen LogP contribution in [0.4, 0.5) is 0 Å². The second-order valence-corrected chi connectivity index (χ2v) is 6.04. The van der Waals surface area contributed by atoms with E-state index in [0.717, 1.165) is 25.1 Å². The summed E-state index contributed by atoms with van der Waals surface area (Å²) in [5.74, 6) is -0.453. The minimum Gasteiger partial charge on any atom is -0.366 e. The Kier molecular flexibility index (Phi) is 7.72. The van der Waals surface area contributed by atoms with Crippen LogP contribution >= 0.6 is 11.6 Å². The van der Waals surface area contributed by atoms with E-state index in [2.05, 4.69) is 31.1 Å². The number of rotatable bonds is 9. The molecular formula is C16H26ClN3O. The van der Waals surface area contributed by atoms with E-state index in [1.165, 1.54) is 6.42 Å². The third-order valence-corrected chi connectivity index (χ3v) is 4.00. The predicted octanol–water partition coefficient (Wildman–Crippen LogP) is 2.65. The molecule has 4 nitrogen and oxygen atoms in total. The first-order chi connectivity index (χ1) is 9.91. The van der Waals surface area contributed by atoms with E-state index in [1.54, 1.807) is 12.1 Å². The van der Waals surface area contributed by atoms with Gasteiger partial charge in [-0.25, -0.2) is 0 Å². The molecule has 21 heavy (non-hydrogen) atoms. The number of nitrogens with one attached hydrogen (secondary N) is 1. The number of primary amides is 1. The molecule has 0 fully saturated rings. The molecule has 0 aliphatic heterocycles. The molecule has 0 heterocycles. The number of hydrogen-bond donors (Lipinski definition) is 2. The van der Waals surface area contributed by atoms with Crippen molar-refractivity contribution in [2.45, 2.75) is 39.3 Å². The monoisotopic (exact) mass is 311 g/mol. The second kappa shape index (κ2) is 9.03. The molecule has 0 aromatic heterocycles. The average molecular weight is 312 g/mol. The van der Waals surface area contributed by atoms with Gasteiger partial charge in [-0.05, 0) is 64.5 Å². The number of carbonyl (C=O) groups is 1. The maximum absolute atomic E-state index is 11.0. The second-order valence-electron chi connectivity index (χ2n) is 5.63. The van der Waals surface area contributed by atoms with Gasteiger partial charge in [-0.1, -0.05) is 17.7 Å². The number of hydrogen-bond acceptors (Lipinski definition) is 3. The number of benzene rings is 1. The molecule has 0 bridgehead atoms. The van der Waals surface area contributed by atoms with Crippen LogP contribution in [-0.4, -0.2) is 37.0 Å². The third kappa shape index (κ3) is 6.46. The number of unbranched alkanes of at least 4 members (excludes halogenated alkanes) is 1. The smallest absolute Gasteiger partial charge is 0.248 e. The summed E-state index contributed by atoms with van der Waals surface area (Å²) in [6.07, 6.45) is 2.31. The Morgan fingerprint density at radius 3 is 2.67 bits per heavy atom. The lowest BCUT2D eigenvalue weighted by Crippen LogP contribution is -2.27. The SMILES string of the molecule is CC(C)N(C)CCCCNCc1ccc(C(N)=O)cc1Cl. The van der Waals surface area contributed by atoms with Gasteiger partial charge in [-0.15, -0.1) is 0 Å². The lowest BCUT2D eigenvalue weighted by atomic mass is 10.1. The van der Waals surface area contributed by atoms with Crippen LogP contribution in [0.5, 0.6) is 0 Å². The van der Waals surface area contributed by atoms with Gasteiger partial charge in [0.2, 0.25) is 5.91 Å². The van der Waals surface area contributed by atoms with Crippen LogP contribution in [0.25, 0.3) is 0 Å². The summed E-state index contributed by atoms with van der Waals surface area (Å²) in [4.78, 5) is 13.4. The van der Waals surface area contributed by atoms with Crippen molar-refractivity contribution < 1.29 is 4.79 Å². The molecule has 0 aliphatic rings. The highest BCUT2D eigenvalue weighted by Crippen LogP contribution is 2.17. The Bertz CT molecular complexity index is 463. The zero-order chi connectivity index (χ0) is 15.8. The number of halogens is 1. The highest BCUT2D eigenvalue weighted by Gasteiger charge is 2.05. The van der Waals surface area contributed by atoms with Crippen molar-refractivity contribution in [2.75, 3.05) is 20.1 Å². The van der Waals surface area contributed by atoms with Gasteiger partial charge in [0.15, 0.2) is 0 Å². The van der Waals surface area contributed by atoms with E-state index >= 15 is 0 Å². The predicted molar refractivity (Wildman–Crippen MR) is 88.7 cm³/mol. The van der Waals surface area contributed by atoms with Crippen LogP contribution in [0.15, 0.2) is 18.2 Å². The topological polar surface area (TPSA) is 58.4 Å². The fraction of sp³-hybridized carbons (Fsp3) is 0.562. The van der Waals surface area contributed by atoms with Crippen molar-refractivity contribution >= 4 is 17.5 Å². The first-order valence-corrected chi connectivity index (χ1v) is 7.78. The molecule has 1 amide bonds. The minimum atomic E-state index is -0.453. The summed E-state index contributed by atoms with van der Waals surface area (Å²) in [6, 6.07) is 5.78. The van der Waals surface area contributed by atoms with Gasteiger partial charge in [-0.3, -0.25) is 4.79 Å². The van der Waals surface area contributed by atoms with Gasteiger partial charge in [0, 0.05) is 23.2 Å². The minimum absolute atomic E-state index is 0.445. The quantitative estimate of drug-likeness (QED) is 0.689. The summed E-state index contributed by atoms with van der Waals surface area (Å²) in [5.41, 5.74) is 6.65. The molecule has 0 spiro atoms. The van der Waals surface area contributed by atoms with Crippen molar-refractivity contribution in [2.24, 2.45) is 5.73 Å². The van der Waals surface area contributed by atoms with Gasteiger partial charge < -0.3 is 16.0 Å². The third-order valence-electron chi connectivity index (χ3n) is 3.65.